The zero-order chi connectivity index (χ0) is 24.9. The molecule has 0 bridgehead atoms. The number of nitrogen functional groups attached to an aromatic ring is 1. The number of nitrogens with two attached hydrogens (primary N) is 1. The van der Waals surface area contributed by atoms with Crippen LogP contribution in [0.5, 0.6) is 0 Å². The fourth-order valence-electron chi connectivity index (χ4n) is 3.69. The van der Waals surface area contributed by atoms with E-state index in [1.165, 1.54) is 22.8 Å². The molecule has 0 aliphatic heterocycles. The fraction of sp³-hybridized carbons (Fsp3) is 0.0800. The summed E-state index contributed by atoms with van der Waals surface area (Å²) in [5, 5.41) is 11.2. The lowest BCUT2D eigenvalue weighted by Crippen LogP contribution is -2.41. The third kappa shape index (κ3) is 5.01. The van der Waals surface area contributed by atoms with E-state index in [2.05, 4.69) is 4.98 Å². The largest absolute Gasteiger partial charge is 0.383 e. The molecule has 0 fully saturated rings. The monoisotopic (exact) mass is 471 g/mol. The molecule has 0 spiro atoms. The minimum atomic E-state index is -0.841. The second kappa shape index (κ2) is 9.87. The number of carbonyl (C=O) groups excluding carboxylic acids is 1. The van der Waals surface area contributed by atoms with Crippen molar-refractivity contribution in [1.82, 2.24) is 9.55 Å². The number of aromatic nitrogens is 2. The molecule has 35 heavy (non-hydrogen) atoms. The number of amides is 1. The summed E-state index contributed by atoms with van der Waals surface area (Å²) >= 11 is 0. The third-order valence-corrected chi connectivity index (χ3v) is 5.40. The van der Waals surface area contributed by atoms with Crippen LogP contribution in [-0.4, -0.2) is 20.4 Å². The van der Waals surface area contributed by atoms with E-state index in [1.54, 1.807) is 54.6 Å². The average Bonchev–Trinajstić information content (AvgIpc) is 2.86. The molecule has 3 aromatic carbocycles. The maximum absolute atomic E-state index is 13.6. The van der Waals surface area contributed by atoms with Gasteiger partial charge in [-0.1, -0.05) is 66.7 Å². The summed E-state index contributed by atoms with van der Waals surface area (Å²) in [4.78, 5) is 53.2. The zero-order valence-corrected chi connectivity index (χ0v) is 18.5. The molecule has 0 radical (unpaired) electrons. The van der Waals surface area contributed by atoms with Gasteiger partial charge in [0.2, 0.25) is 0 Å². The van der Waals surface area contributed by atoms with Gasteiger partial charge >= 0.3 is 5.69 Å². The lowest BCUT2D eigenvalue weighted by atomic mass is 10.1. The molecular formula is C25H21N5O5. The normalized spacial score (nSPS) is 10.6. The Kier molecular flexibility index (Phi) is 6.54. The Labute approximate surface area is 199 Å². The first-order valence-corrected chi connectivity index (χ1v) is 10.6. The number of nitrogens with zero attached hydrogens (tertiary/aromatic N) is 3. The van der Waals surface area contributed by atoms with Crippen LogP contribution in [0.4, 0.5) is 17.2 Å². The van der Waals surface area contributed by atoms with Gasteiger partial charge in [-0.15, -0.1) is 0 Å². The molecule has 176 valence electrons. The van der Waals surface area contributed by atoms with E-state index in [0.717, 1.165) is 16.5 Å². The number of non-ortho nitro benzene ring substituents is 1. The Morgan fingerprint density at radius 1 is 0.943 bits per heavy atom. The van der Waals surface area contributed by atoms with Gasteiger partial charge in [0.25, 0.3) is 17.2 Å². The number of nitro groups is 1. The Morgan fingerprint density at radius 3 is 2.20 bits per heavy atom. The molecule has 1 heterocycles. The summed E-state index contributed by atoms with van der Waals surface area (Å²) in [6.07, 6.45) is 0. The highest BCUT2D eigenvalue weighted by Crippen LogP contribution is 2.24. The maximum Gasteiger partial charge on any atom is 0.330 e. The van der Waals surface area contributed by atoms with Crippen LogP contribution in [0.25, 0.3) is 0 Å². The number of aromatic amines is 1. The van der Waals surface area contributed by atoms with Crippen molar-refractivity contribution in [2.24, 2.45) is 0 Å². The van der Waals surface area contributed by atoms with E-state index >= 15 is 0 Å². The van der Waals surface area contributed by atoms with E-state index in [-0.39, 0.29) is 35.8 Å². The molecule has 0 saturated heterocycles. The van der Waals surface area contributed by atoms with E-state index in [0.29, 0.717) is 5.56 Å². The lowest BCUT2D eigenvalue weighted by molar-refractivity contribution is -0.384. The molecule has 10 nitrogen and oxygen atoms in total. The number of hydrogen-bond acceptors (Lipinski definition) is 6. The van der Waals surface area contributed by atoms with Crippen LogP contribution in [0, 0.1) is 10.1 Å². The Hall–Kier alpha value is -4.99. The van der Waals surface area contributed by atoms with Gasteiger partial charge in [-0.2, -0.15) is 0 Å². The number of nitro benzene ring substituents is 1. The summed E-state index contributed by atoms with van der Waals surface area (Å²) in [5.74, 6) is -0.878. The van der Waals surface area contributed by atoms with Gasteiger partial charge in [0, 0.05) is 17.7 Å². The number of anilines is 2. The van der Waals surface area contributed by atoms with E-state index in [1.807, 2.05) is 6.07 Å². The van der Waals surface area contributed by atoms with Crippen molar-refractivity contribution < 1.29 is 9.72 Å². The van der Waals surface area contributed by atoms with Crippen LogP contribution >= 0.6 is 0 Å². The topological polar surface area (TPSA) is 144 Å². The molecule has 0 aliphatic rings. The highest BCUT2D eigenvalue weighted by Gasteiger charge is 2.26. The summed E-state index contributed by atoms with van der Waals surface area (Å²) in [6, 6.07) is 23.1. The van der Waals surface area contributed by atoms with Crippen LogP contribution in [0.15, 0.2) is 94.5 Å². The second-order valence-corrected chi connectivity index (χ2v) is 7.75. The van der Waals surface area contributed by atoms with Gasteiger partial charge in [0.05, 0.1) is 18.0 Å². The first kappa shape index (κ1) is 23.2. The van der Waals surface area contributed by atoms with Crippen LogP contribution in [0.3, 0.4) is 0 Å². The minimum Gasteiger partial charge on any atom is -0.383 e. The lowest BCUT2D eigenvalue weighted by Gasteiger charge is -2.25. The Balaban J connectivity index is 1.86. The number of benzene rings is 3. The fourth-order valence-corrected chi connectivity index (χ4v) is 3.69. The summed E-state index contributed by atoms with van der Waals surface area (Å²) in [5.41, 5.74) is 5.71. The predicted octanol–water partition coefficient (Wildman–Crippen LogP) is 2.92. The number of hydrogen-bond donors (Lipinski definition) is 2. The number of nitrogens with one attached hydrogen (secondary N) is 1. The number of rotatable bonds is 7. The van der Waals surface area contributed by atoms with Crippen molar-refractivity contribution >= 4 is 23.1 Å². The van der Waals surface area contributed by atoms with Gasteiger partial charge in [0.15, 0.2) is 5.69 Å². The van der Waals surface area contributed by atoms with Crippen molar-refractivity contribution in [3.8, 4) is 0 Å². The van der Waals surface area contributed by atoms with Crippen molar-refractivity contribution in [2.75, 3.05) is 10.6 Å². The molecule has 3 N–H and O–H groups in total. The number of carbonyl (C=O) groups is 1. The van der Waals surface area contributed by atoms with Gasteiger partial charge in [-0.25, -0.2) is 4.79 Å². The molecule has 0 atom stereocenters. The van der Waals surface area contributed by atoms with Gasteiger partial charge in [-0.3, -0.25) is 34.2 Å². The van der Waals surface area contributed by atoms with E-state index < -0.39 is 22.1 Å². The first-order chi connectivity index (χ1) is 16.8. The molecule has 10 heteroatoms. The first-order valence-electron chi connectivity index (χ1n) is 10.6. The predicted molar refractivity (Wildman–Crippen MR) is 131 cm³/mol. The molecule has 4 aromatic rings. The highest BCUT2D eigenvalue weighted by molar-refractivity contribution is 6.07. The zero-order valence-electron chi connectivity index (χ0n) is 18.5. The van der Waals surface area contributed by atoms with Crippen molar-refractivity contribution in [2.45, 2.75) is 13.1 Å². The van der Waals surface area contributed by atoms with Crippen LogP contribution < -0.4 is 21.9 Å². The third-order valence-electron chi connectivity index (χ3n) is 5.40. The van der Waals surface area contributed by atoms with Gasteiger partial charge in [-0.05, 0) is 17.2 Å². The summed E-state index contributed by atoms with van der Waals surface area (Å²) in [6.45, 7) is 0.0125. The standard InChI is InChI=1S/C25H21N5O5/c26-22-21(23(31)27-25(33)29(22)16-18-10-5-2-6-11-18)28(15-17-8-3-1-4-9-17)24(32)19-12-7-13-20(14-19)30(34)35/h1-14H,15-16,26H2,(H,27,31,33). The van der Waals surface area contributed by atoms with Crippen molar-refractivity contribution in [3.63, 3.8) is 0 Å². The molecule has 4 rings (SSSR count). The van der Waals surface area contributed by atoms with Crippen LogP contribution in [0.1, 0.15) is 21.5 Å². The smallest absolute Gasteiger partial charge is 0.330 e. The molecule has 1 amide bonds. The summed E-state index contributed by atoms with van der Waals surface area (Å²) in [7, 11) is 0. The average molecular weight is 471 g/mol. The maximum atomic E-state index is 13.6. The summed E-state index contributed by atoms with van der Waals surface area (Å²) < 4.78 is 1.17. The Morgan fingerprint density at radius 2 is 1.57 bits per heavy atom. The quantitative estimate of drug-likeness (QED) is 0.313. The van der Waals surface area contributed by atoms with Gasteiger partial charge < -0.3 is 5.73 Å². The van der Waals surface area contributed by atoms with Gasteiger partial charge in [0.1, 0.15) is 5.82 Å². The highest BCUT2D eigenvalue weighted by atomic mass is 16.6. The van der Waals surface area contributed by atoms with E-state index in [4.69, 9.17) is 5.73 Å². The van der Waals surface area contributed by atoms with Crippen LogP contribution in [0.2, 0.25) is 0 Å². The van der Waals surface area contributed by atoms with Crippen molar-refractivity contribution in [3.05, 3.63) is 133 Å². The molecular weight excluding hydrogens is 450 g/mol. The Bertz CT molecular complexity index is 1500. The van der Waals surface area contributed by atoms with Crippen LogP contribution in [-0.2, 0) is 13.1 Å². The second-order valence-electron chi connectivity index (χ2n) is 7.75. The molecule has 1 aromatic heterocycles. The molecule has 0 aliphatic carbocycles. The number of H-pyrrole nitrogens is 1. The minimum absolute atomic E-state index is 0.00487. The van der Waals surface area contributed by atoms with Crippen molar-refractivity contribution in [1.29, 1.82) is 0 Å². The molecule has 0 unspecified atom stereocenters. The molecule has 0 saturated carbocycles. The SMILES string of the molecule is Nc1c(N(Cc2ccccc2)C(=O)c2cccc([N+](=O)[O-])c2)c(=O)[nH]c(=O)n1Cc1ccccc1. The van der Waals surface area contributed by atoms with E-state index in [9.17, 15) is 24.5 Å².